The fraction of sp³-hybridized carbons (Fsp3) is 0.167. The Morgan fingerprint density at radius 2 is 2.15 bits per heavy atom. The van der Waals surface area contributed by atoms with Gasteiger partial charge in [0.15, 0.2) is 5.16 Å². The molecule has 1 N–H and O–H groups in total. The van der Waals surface area contributed by atoms with Crippen molar-refractivity contribution in [3.8, 4) is 0 Å². The molecule has 134 valence electrons. The Labute approximate surface area is 162 Å². The van der Waals surface area contributed by atoms with E-state index in [1.807, 2.05) is 50.3 Å². The second-order valence-corrected chi connectivity index (χ2v) is 9.52. The van der Waals surface area contributed by atoms with E-state index in [1.54, 1.807) is 0 Å². The van der Waals surface area contributed by atoms with Gasteiger partial charge in [0.1, 0.15) is 0 Å². The number of imidazole rings is 1. The molecule has 1 atom stereocenters. The van der Waals surface area contributed by atoms with Crippen LogP contribution in [0.3, 0.4) is 0 Å². The number of H-pyrrole nitrogens is 1. The van der Waals surface area contributed by atoms with E-state index in [4.69, 9.17) is 11.6 Å². The number of halogens is 1. The maximum atomic E-state index is 12.5. The number of hydrogen-bond acceptors (Lipinski definition) is 4. The molecule has 1 fully saturated rings. The summed E-state index contributed by atoms with van der Waals surface area (Å²) < 4.78 is 0. The van der Waals surface area contributed by atoms with E-state index in [1.165, 1.54) is 4.90 Å². The molecule has 8 heteroatoms. The average molecular weight is 406 g/mol. The molecule has 0 spiro atoms. The van der Waals surface area contributed by atoms with Crippen molar-refractivity contribution < 1.29 is 9.59 Å². The van der Waals surface area contributed by atoms with Gasteiger partial charge in [0.2, 0.25) is 0 Å². The molecule has 0 bridgehead atoms. The molecule has 0 radical (unpaired) electrons. The topological polar surface area (TPSA) is 66.1 Å². The molecule has 2 aromatic rings. The smallest absolute Gasteiger partial charge is 0.293 e. The standard InChI is InChI=1S/C18H16ClN3O2S2/c1-10(2)22-16(23)14(25-18(22)24)9-11-5-4-8-26(11)17-20-13-7-3-6-12(19)15(13)21-17/h3-10,26H,1-2H3,(H,20,21)/b14-9-. The summed E-state index contributed by atoms with van der Waals surface area (Å²) in [5.74, 6) is -0.231. The van der Waals surface area contributed by atoms with Gasteiger partial charge >= 0.3 is 0 Å². The molecule has 0 saturated carbocycles. The number of benzene rings is 1. The first-order valence-corrected chi connectivity index (χ1v) is 10.7. The third-order valence-corrected chi connectivity index (χ3v) is 7.25. The SMILES string of the molecule is CC(C)N1C(=O)S/C(=C\C2=CC=C[SH]2c2nc3cccc(Cl)c3[nH]2)C1=O. The summed E-state index contributed by atoms with van der Waals surface area (Å²) in [6, 6.07) is 5.45. The molecule has 26 heavy (non-hydrogen) atoms. The van der Waals surface area contributed by atoms with Crippen molar-refractivity contribution in [3.63, 3.8) is 0 Å². The number of nitrogens with one attached hydrogen (secondary N) is 1. The molecule has 1 aromatic heterocycles. The predicted molar refractivity (Wildman–Crippen MR) is 109 cm³/mol. The Morgan fingerprint density at radius 1 is 1.35 bits per heavy atom. The van der Waals surface area contributed by atoms with Gasteiger partial charge in [-0.3, -0.25) is 14.5 Å². The van der Waals surface area contributed by atoms with E-state index in [2.05, 4.69) is 15.4 Å². The number of hydrogen-bond donors (Lipinski definition) is 2. The highest BCUT2D eigenvalue weighted by atomic mass is 35.5. The Balaban J connectivity index is 1.66. The molecule has 1 saturated heterocycles. The molecule has 4 rings (SSSR count). The number of thioether (sulfide) groups is 1. The Morgan fingerprint density at radius 3 is 2.85 bits per heavy atom. The van der Waals surface area contributed by atoms with Gasteiger partial charge in [0.05, 0.1) is 21.0 Å². The van der Waals surface area contributed by atoms with Crippen molar-refractivity contribution in [1.82, 2.24) is 14.9 Å². The first-order chi connectivity index (χ1) is 12.5. The quantitative estimate of drug-likeness (QED) is 0.558. The zero-order chi connectivity index (χ0) is 18.4. The summed E-state index contributed by atoms with van der Waals surface area (Å²) in [6.45, 7) is 3.67. The van der Waals surface area contributed by atoms with Gasteiger partial charge in [-0.15, -0.1) is 10.9 Å². The van der Waals surface area contributed by atoms with Crippen LogP contribution in [-0.4, -0.2) is 32.1 Å². The number of aromatic amines is 1. The number of aromatic nitrogens is 2. The van der Waals surface area contributed by atoms with Crippen LogP contribution >= 0.6 is 34.3 Å². The lowest BCUT2D eigenvalue weighted by Gasteiger charge is -2.16. The lowest BCUT2D eigenvalue weighted by Crippen LogP contribution is -2.34. The second-order valence-electron chi connectivity index (χ2n) is 6.14. The molecular weight excluding hydrogens is 390 g/mol. The molecular formula is C18H16ClN3O2S2. The van der Waals surface area contributed by atoms with Gasteiger partial charge < -0.3 is 4.98 Å². The molecule has 1 unspecified atom stereocenters. The number of rotatable bonds is 3. The third kappa shape index (κ3) is 2.90. The Bertz CT molecular complexity index is 1020. The van der Waals surface area contributed by atoms with Crippen LogP contribution in [0, 0.1) is 0 Å². The Kier molecular flexibility index (Phi) is 4.46. The minimum atomic E-state index is -0.858. The third-order valence-electron chi connectivity index (χ3n) is 4.08. The van der Waals surface area contributed by atoms with E-state index in [9.17, 15) is 9.59 Å². The number of carbonyl (C=O) groups excluding carboxylic acids is 2. The summed E-state index contributed by atoms with van der Waals surface area (Å²) in [6.07, 6.45) is 5.73. The number of imide groups is 1. The largest absolute Gasteiger partial charge is 0.333 e. The van der Waals surface area contributed by atoms with Crippen molar-refractivity contribution in [2.75, 3.05) is 0 Å². The normalized spacial score (nSPS) is 23.1. The number of allylic oxidation sites excluding steroid dienone is 3. The van der Waals surface area contributed by atoms with Crippen molar-refractivity contribution in [3.05, 3.63) is 56.7 Å². The van der Waals surface area contributed by atoms with Gasteiger partial charge in [-0.1, -0.05) is 23.7 Å². The minimum absolute atomic E-state index is 0.150. The fourth-order valence-corrected chi connectivity index (χ4v) is 5.90. The number of thiol groups is 1. The first-order valence-electron chi connectivity index (χ1n) is 8.04. The second kappa shape index (κ2) is 6.64. The lowest BCUT2D eigenvalue weighted by atomic mass is 10.3. The van der Waals surface area contributed by atoms with Crippen LogP contribution in [0.4, 0.5) is 4.79 Å². The number of amides is 2. The van der Waals surface area contributed by atoms with E-state index in [-0.39, 0.29) is 17.2 Å². The van der Waals surface area contributed by atoms with E-state index in [0.717, 1.165) is 32.9 Å². The minimum Gasteiger partial charge on any atom is -0.333 e. The van der Waals surface area contributed by atoms with Crippen LogP contribution in [0.5, 0.6) is 0 Å². The zero-order valence-electron chi connectivity index (χ0n) is 14.1. The van der Waals surface area contributed by atoms with Crippen LogP contribution in [-0.2, 0) is 4.79 Å². The van der Waals surface area contributed by atoms with Gasteiger partial charge in [0.25, 0.3) is 11.1 Å². The van der Waals surface area contributed by atoms with Crippen molar-refractivity contribution in [2.24, 2.45) is 0 Å². The fourth-order valence-electron chi connectivity index (χ4n) is 2.86. The predicted octanol–water partition coefficient (Wildman–Crippen LogP) is 4.98. The number of nitrogens with zero attached hydrogens (tertiary/aromatic N) is 2. The molecule has 0 aliphatic carbocycles. The van der Waals surface area contributed by atoms with Gasteiger partial charge in [-0.05, 0) is 60.2 Å². The zero-order valence-corrected chi connectivity index (χ0v) is 16.5. The number of para-hydroxylation sites is 1. The summed E-state index contributed by atoms with van der Waals surface area (Å²) >= 11 is 7.22. The molecule has 2 aliphatic rings. The summed E-state index contributed by atoms with van der Waals surface area (Å²) in [4.78, 5) is 35.3. The van der Waals surface area contributed by atoms with Crippen molar-refractivity contribution in [1.29, 1.82) is 0 Å². The van der Waals surface area contributed by atoms with E-state index < -0.39 is 10.9 Å². The number of fused-ring (bicyclic) bond motifs is 1. The molecule has 1 aromatic carbocycles. The highest BCUT2D eigenvalue weighted by Gasteiger charge is 2.37. The van der Waals surface area contributed by atoms with Gasteiger partial charge in [-0.25, -0.2) is 4.98 Å². The Hall–Kier alpha value is -1.96. The monoisotopic (exact) mass is 405 g/mol. The summed E-state index contributed by atoms with van der Waals surface area (Å²) in [5.41, 5.74) is 1.63. The van der Waals surface area contributed by atoms with Crippen LogP contribution in [0.15, 0.2) is 56.8 Å². The highest BCUT2D eigenvalue weighted by Crippen LogP contribution is 2.49. The van der Waals surface area contributed by atoms with Crippen LogP contribution < -0.4 is 0 Å². The molecule has 2 amide bonds. The number of carbonyl (C=O) groups is 2. The van der Waals surface area contributed by atoms with Gasteiger partial charge in [0, 0.05) is 6.04 Å². The van der Waals surface area contributed by atoms with E-state index >= 15 is 0 Å². The van der Waals surface area contributed by atoms with Crippen LogP contribution in [0.2, 0.25) is 5.02 Å². The van der Waals surface area contributed by atoms with E-state index in [0.29, 0.717) is 9.93 Å². The summed E-state index contributed by atoms with van der Waals surface area (Å²) in [5, 5.41) is 3.30. The molecule has 3 heterocycles. The lowest BCUT2D eigenvalue weighted by molar-refractivity contribution is -0.123. The van der Waals surface area contributed by atoms with Crippen LogP contribution in [0.25, 0.3) is 11.0 Å². The average Bonchev–Trinajstić information content (AvgIpc) is 3.26. The first kappa shape index (κ1) is 17.5. The maximum Gasteiger partial charge on any atom is 0.293 e. The van der Waals surface area contributed by atoms with Crippen molar-refractivity contribution in [2.45, 2.75) is 25.0 Å². The molecule has 5 nitrogen and oxygen atoms in total. The summed E-state index contributed by atoms with van der Waals surface area (Å²) in [7, 11) is -0.858. The maximum absolute atomic E-state index is 12.5. The van der Waals surface area contributed by atoms with Crippen LogP contribution in [0.1, 0.15) is 13.8 Å². The van der Waals surface area contributed by atoms with Gasteiger partial charge in [-0.2, -0.15) is 0 Å². The van der Waals surface area contributed by atoms with Crippen molar-refractivity contribution >= 4 is 56.4 Å². The highest BCUT2D eigenvalue weighted by molar-refractivity contribution is 8.23. The molecule has 2 aliphatic heterocycles.